The fourth-order valence-corrected chi connectivity index (χ4v) is 6.22. The van der Waals surface area contributed by atoms with E-state index in [2.05, 4.69) is 5.32 Å². The summed E-state index contributed by atoms with van der Waals surface area (Å²) >= 11 is 0. The molecular formula is C36H53F4N5O11. The third-order valence-electron chi connectivity index (χ3n) is 9.21. The number of hydrogen-bond acceptors (Lipinski definition) is 11. The Bertz CT molecular complexity index is 1420. The van der Waals surface area contributed by atoms with Gasteiger partial charge in [0.1, 0.15) is 6.04 Å². The summed E-state index contributed by atoms with van der Waals surface area (Å²) in [5.41, 5.74) is 0. The molecule has 16 nitrogen and oxygen atoms in total. The number of ether oxygens (including phenoxy) is 1. The first kappa shape index (κ1) is 47.8. The summed E-state index contributed by atoms with van der Waals surface area (Å²) in [7, 11) is 0. The highest BCUT2D eigenvalue weighted by Gasteiger charge is 2.29. The molecule has 1 saturated heterocycles. The molecule has 0 radical (unpaired) electrons. The highest BCUT2D eigenvalue weighted by molar-refractivity contribution is 5.95. The highest BCUT2D eigenvalue weighted by Crippen LogP contribution is 2.26. The maximum Gasteiger partial charge on any atom is 0.320 e. The van der Waals surface area contributed by atoms with Gasteiger partial charge in [-0.2, -0.15) is 8.78 Å². The Kier molecular flexibility index (Phi) is 21.9. The van der Waals surface area contributed by atoms with Crippen molar-refractivity contribution in [3.63, 3.8) is 0 Å². The molecule has 1 unspecified atom stereocenters. The van der Waals surface area contributed by atoms with Crippen LogP contribution < -0.4 is 10.1 Å². The van der Waals surface area contributed by atoms with Gasteiger partial charge in [0.25, 0.3) is 0 Å². The van der Waals surface area contributed by atoms with E-state index in [1.807, 2.05) is 0 Å². The molecule has 1 aromatic carbocycles. The zero-order valence-electron chi connectivity index (χ0n) is 31.4. The van der Waals surface area contributed by atoms with Gasteiger partial charge in [-0.15, -0.1) is 0 Å². The van der Waals surface area contributed by atoms with Crippen LogP contribution in [0, 0.1) is 23.3 Å². The Morgan fingerprint density at radius 2 is 0.982 bits per heavy atom. The standard InChI is InChI=1S/C36H53F4N5O11/c37-25-21-26(38)34(40)35(33(25)39)56-20-8-6-4-2-1-3-5-7-9-28(46)41-29(47)11-10-27(36(54)55)45-18-16-43(23-31(50)51)14-12-42(22-30(48)49)13-15-44(17-19-45)24-32(52)53/h21,27H,1-20,22-24H2,(H,48,49)(H,50,51)(H,52,53)(H,54,55)(H,41,46,47). The zero-order chi connectivity index (χ0) is 41.6. The van der Waals surface area contributed by atoms with Crippen molar-refractivity contribution >= 4 is 35.7 Å². The van der Waals surface area contributed by atoms with Crippen molar-refractivity contribution in [3.8, 4) is 5.75 Å². The first-order chi connectivity index (χ1) is 26.6. The topological polar surface area (TPSA) is 218 Å². The summed E-state index contributed by atoms with van der Waals surface area (Å²) in [6.07, 6.45) is 5.17. The minimum absolute atomic E-state index is 0.0559. The molecule has 56 heavy (non-hydrogen) atoms. The number of hydrogen-bond donors (Lipinski definition) is 5. The van der Waals surface area contributed by atoms with Gasteiger partial charge in [0.2, 0.25) is 23.4 Å². The van der Waals surface area contributed by atoms with E-state index >= 15 is 0 Å². The maximum absolute atomic E-state index is 13.6. The Balaban J connectivity index is 1.78. The van der Waals surface area contributed by atoms with Gasteiger partial charge in [0, 0.05) is 71.3 Å². The first-order valence-electron chi connectivity index (χ1n) is 18.6. The summed E-state index contributed by atoms with van der Waals surface area (Å²) in [6, 6.07) is -1.10. The van der Waals surface area contributed by atoms with E-state index < -0.39 is 70.8 Å². The van der Waals surface area contributed by atoms with Crippen molar-refractivity contribution in [1.29, 1.82) is 0 Å². The molecule has 0 bridgehead atoms. The van der Waals surface area contributed by atoms with Crippen LogP contribution in [-0.2, 0) is 28.8 Å². The largest absolute Gasteiger partial charge is 0.487 e. The molecule has 1 fully saturated rings. The van der Waals surface area contributed by atoms with Gasteiger partial charge in [-0.1, -0.05) is 38.5 Å². The summed E-state index contributed by atoms with van der Waals surface area (Å²) in [5.74, 6) is -13.1. The second-order valence-corrected chi connectivity index (χ2v) is 13.6. The Hall–Kier alpha value is -4.40. The zero-order valence-corrected chi connectivity index (χ0v) is 31.4. The molecule has 5 N–H and O–H groups in total. The quantitative estimate of drug-likeness (QED) is 0.0610. The number of benzene rings is 1. The van der Waals surface area contributed by atoms with Gasteiger partial charge in [-0.05, 0) is 19.3 Å². The van der Waals surface area contributed by atoms with E-state index in [9.17, 15) is 66.8 Å². The van der Waals surface area contributed by atoms with Gasteiger partial charge in [-0.3, -0.25) is 53.7 Å². The van der Waals surface area contributed by atoms with Crippen LogP contribution in [0.25, 0.3) is 0 Å². The predicted molar refractivity (Wildman–Crippen MR) is 191 cm³/mol. The van der Waals surface area contributed by atoms with Gasteiger partial charge >= 0.3 is 23.9 Å². The van der Waals surface area contributed by atoms with Crippen LogP contribution in [0.5, 0.6) is 5.75 Å². The number of amides is 2. The number of unbranched alkanes of at least 4 members (excludes halogenated alkanes) is 7. The normalized spacial score (nSPS) is 16.0. The van der Waals surface area contributed by atoms with Crippen molar-refractivity contribution in [1.82, 2.24) is 24.9 Å². The Morgan fingerprint density at radius 3 is 1.41 bits per heavy atom. The average Bonchev–Trinajstić information content (AvgIpc) is 3.10. The molecule has 1 atom stereocenters. The van der Waals surface area contributed by atoms with E-state index in [1.54, 1.807) is 19.6 Å². The van der Waals surface area contributed by atoms with E-state index in [0.29, 0.717) is 25.7 Å². The van der Waals surface area contributed by atoms with E-state index in [-0.39, 0.29) is 104 Å². The van der Waals surface area contributed by atoms with Crippen molar-refractivity contribution in [2.75, 3.05) is 78.6 Å². The van der Waals surface area contributed by atoms with Crippen LogP contribution in [0.2, 0.25) is 0 Å². The number of carboxylic acid groups (broad SMARTS) is 4. The maximum atomic E-state index is 13.6. The Labute approximate surface area is 322 Å². The Morgan fingerprint density at radius 1 is 0.589 bits per heavy atom. The third kappa shape index (κ3) is 19.0. The molecule has 0 saturated carbocycles. The van der Waals surface area contributed by atoms with Crippen LogP contribution in [0.3, 0.4) is 0 Å². The van der Waals surface area contributed by atoms with Crippen molar-refractivity contribution < 1.29 is 71.5 Å². The molecule has 2 amide bonds. The minimum Gasteiger partial charge on any atom is -0.487 e. The number of carbonyl (C=O) groups is 6. The lowest BCUT2D eigenvalue weighted by Gasteiger charge is -2.35. The van der Waals surface area contributed by atoms with Gasteiger partial charge in [0.15, 0.2) is 17.4 Å². The highest BCUT2D eigenvalue weighted by atomic mass is 19.2. The minimum atomic E-state index is -1.58. The molecule has 316 valence electrons. The number of nitrogens with one attached hydrogen (secondary N) is 1. The monoisotopic (exact) mass is 807 g/mol. The lowest BCUT2D eigenvalue weighted by molar-refractivity contribution is -0.145. The molecule has 0 aromatic heterocycles. The number of imide groups is 1. The van der Waals surface area contributed by atoms with Crippen molar-refractivity contribution in [2.45, 2.75) is 76.7 Å². The van der Waals surface area contributed by atoms with Gasteiger partial charge in [0.05, 0.1) is 26.2 Å². The molecule has 1 aliphatic heterocycles. The molecule has 1 aliphatic rings. The van der Waals surface area contributed by atoms with Crippen molar-refractivity contribution in [2.24, 2.45) is 0 Å². The van der Waals surface area contributed by atoms with Crippen LogP contribution in [-0.4, -0.2) is 160 Å². The van der Waals surface area contributed by atoms with Crippen LogP contribution in [0.15, 0.2) is 6.07 Å². The predicted octanol–water partition coefficient (Wildman–Crippen LogP) is 2.48. The number of rotatable bonds is 23. The lowest BCUT2D eigenvalue weighted by Crippen LogP contribution is -2.52. The SMILES string of the molecule is O=C(O)CN1CCN(CC(=O)O)CCN(C(CCC(=O)NC(=O)CCCCCCCCCCOc2c(F)c(F)cc(F)c2F)C(=O)O)CCN(CC(=O)O)CC1. The van der Waals surface area contributed by atoms with Gasteiger partial charge in [-0.25, -0.2) is 8.78 Å². The number of nitrogens with zero attached hydrogens (tertiary/aromatic N) is 4. The smallest absolute Gasteiger partial charge is 0.320 e. The number of aliphatic carboxylic acids is 4. The van der Waals surface area contributed by atoms with Crippen LogP contribution >= 0.6 is 0 Å². The second-order valence-electron chi connectivity index (χ2n) is 13.6. The van der Waals surface area contributed by atoms with Crippen molar-refractivity contribution in [3.05, 3.63) is 29.3 Å². The van der Waals surface area contributed by atoms with Crippen LogP contribution in [0.1, 0.15) is 70.6 Å². The van der Waals surface area contributed by atoms with Crippen LogP contribution in [0.4, 0.5) is 17.6 Å². The summed E-state index contributed by atoms with van der Waals surface area (Å²) in [4.78, 5) is 78.1. The van der Waals surface area contributed by atoms with E-state index in [4.69, 9.17) is 4.74 Å². The van der Waals surface area contributed by atoms with E-state index in [0.717, 1.165) is 25.7 Å². The fourth-order valence-electron chi connectivity index (χ4n) is 6.22. The molecule has 0 aliphatic carbocycles. The molecule has 2 rings (SSSR count). The van der Waals surface area contributed by atoms with E-state index in [1.165, 1.54) is 0 Å². The number of carbonyl (C=O) groups excluding carboxylic acids is 2. The average molecular weight is 808 g/mol. The number of carboxylic acids is 4. The molecular weight excluding hydrogens is 754 g/mol. The van der Waals surface area contributed by atoms with Gasteiger partial charge < -0.3 is 25.2 Å². The summed E-state index contributed by atoms with van der Waals surface area (Å²) in [5, 5.41) is 40.6. The first-order valence-corrected chi connectivity index (χ1v) is 18.6. The molecule has 1 aromatic rings. The molecule has 1 heterocycles. The second kappa shape index (κ2) is 25.7. The molecule has 0 spiro atoms. The summed E-state index contributed by atoms with van der Waals surface area (Å²) in [6.45, 7) is -0.221. The number of halogens is 4. The lowest BCUT2D eigenvalue weighted by atomic mass is 10.1. The fraction of sp³-hybridized carbons (Fsp3) is 0.667. The third-order valence-corrected chi connectivity index (χ3v) is 9.21. The summed E-state index contributed by atoms with van der Waals surface area (Å²) < 4.78 is 58.7. The molecule has 20 heteroatoms.